The number of likely N-dealkylation sites (tertiary alicyclic amines) is 1. The van der Waals surface area contributed by atoms with Crippen molar-refractivity contribution in [1.82, 2.24) is 15.5 Å². The lowest BCUT2D eigenvalue weighted by Crippen LogP contribution is -2.49. The number of hydrogen-bond acceptors (Lipinski definition) is 4. The fraction of sp³-hybridized carbons (Fsp3) is 0.882. The third-order valence-electron chi connectivity index (χ3n) is 4.94. The molecule has 6 heteroatoms. The maximum atomic E-state index is 12.4. The lowest BCUT2D eigenvalue weighted by atomic mass is 9.98. The quantitative estimate of drug-likeness (QED) is 0.771. The van der Waals surface area contributed by atoms with Crippen LogP contribution in [0, 0.1) is 5.92 Å². The zero-order valence-corrected chi connectivity index (χ0v) is 15.3. The second-order valence-corrected chi connectivity index (χ2v) is 7.76. The summed E-state index contributed by atoms with van der Waals surface area (Å²) in [5, 5.41) is 6.56. The number of amides is 2. The van der Waals surface area contributed by atoms with E-state index < -0.39 is 0 Å². The van der Waals surface area contributed by atoms with Gasteiger partial charge in [-0.1, -0.05) is 13.8 Å². The molecule has 1 unspecified atom stereocenters. The van der Waals surface area contributed by atoms with Crippen molar-refractivity contribution >= 4 is 23.6 Å². The van der Waals surface area contributed by atoms with Crippen LogP contribution >= 0.6 is 11.8 Å². The zero-order chi connectivity index (χ0) is 16.7. The molecule has 2 rings (SSSR count). The first-order valence-electron chi connectivity index (χ1n) is 9.03. The van der Waals surface area contributed by atoms with Crippen molar-refractivity contribution in [3.63, 3.8) is 0 Å². The number of nitrogens with one attached hydrogen (secondary N) is 2. The van der Waals surface area contributed by atoms with Crippen molar-refractivity contribution in [3.05, 3.63) is 0 Å². The number of nitrogens with zero attached hydrogens (tertiary/aromatic N) is 1. The van der Waals surface area contributed by atoms with Gasteiger partial charge in [-0.3, -0.25) is 9.59 Å². The molecule has 0 bridgehead atoms. The molecular formula is C17H31N3O2S. The van der Waals surface area contributed by atoms with Crippen LogP contribution in [-0.2, 0) is 9.59 Å². The van der Waals surface area contributed by atoms with E-state index in [0.29, 0.717) is 18.4 Å². The maximum Gasteiger partial charge on any atom is 0.225 e. The molecule has 2 heterocycles. The third kappa shape index (κ3) is 5.68. The van der Waals surface area contributed by atoms with Crippen LogP contribution in [-0.4, -0.2) is 59.9 Å². The molecule has 2 N–H and O–H groups in total. The fourth-order valence-electron chi connectivity index (χ4n) is 3.40. The predicted octanol–water partition coefficient (Wildman–Crippen LogP) is 1.62. The van der Waals surface area contributed by atoms with E-state index in [9.17, 15) is 9.59 Å². The Kier molecular flexibility index (Phi) is 7.70. The van der Waals surface area contributed by atoms with Crippen molar-refractivity contribution in [2.45, 2.75) is 58.0 Å². The van der Waals surface area contributed by atoms with Crippen molar-refractivity contribution in [3.8, 4) is 0 Å². The average Bonchev–Trinajstić information content (AvgIpc) is 2.57. The molecule has 0 aliphatic carbocycles. The Bertz CT molecular complexity index is 387. The topological polar surface area (TPSA) is 61.4 Å². The summed E-state index contributed by atoms with van der Waals surface area (Å²) in [5.74, 6) is 2.77. The molecular weight excluding hydrogens is 310 g/mol. The number of carbonyl (C=O) groups excluding carboxylic acids is 2. The van der Waals surface area contributed by atoms with Crippen molar-refractivity contribution in [2.75, 3.05) is 31.1 Å². The van der Waals surface area contributed by atoms with Gasteiger partial charge in [0.1, 0.15) is 0 Å². The Hall–Kier alpha value is -0.750. The van der Waals surface area contributed by atoms with E-state index in [1.165, 1.54) is 0 Å². The summed E-state index contributed by atoms with van der Waals surface area (Å²) >= 11 is 1.91. The minimum Gasteiger partial charge on any atom is -0.353 e. The van der Waals surface area contributed by atoms with Gasteiger partial charge in [-0.25, -0.2) is 0 Å². The van der Waals surface area contributed by atoms with E-state index in [-0.39, 0.29) is 17.9 Å². The number of piperidine rings is 1. The van der Waals surface area contributed by atoms with Gasteiger partial charge in [-0.05, 0) is 25.7 Å². The van der Waals surface area contributed by atoms with E-state index in [1.807, 2.05) is 16.7 Å². The Morgan fingerprint density at radius 2 is 1.96 bits per heavy atom. The van der Waals surface area contributed by atoms with E-state index in [4.69, 9.17) is 0 Å². The largest absolute Gasteiger partial charge is 0.353 e. The Balaban J connectivity index is 1.69. The summed E-state index contributed by atoms with van der Waals surface area (Å²) in [4.78, 5) is 26.5. The highest BCUT2D eigenvalue weighted by Crippen LogP contribution is 2.17. The van der Waals surface area contributed by atoms with Gasteiger partial charge >= 0.3 is 0 Å². The summed E-state index contributed by atoms with van der Waals surface area (Å²) < 4.78 is 0. The lowest BCUT2D eigenvalue weighted by molar-refractivity contribution is -0.137. The number of thioether (sulfide) groups is 1. The van der Waals surface area contributed by atoms with Crippen LogP contribution in [0.2, 0.25) is 0 Å². The monoisotopic (exact) mass is 341 g/mol. The van der Waals surface area contributed by atoms with Gasteiger partial charge in [-0.15, -0.1) is 0 Å². The van der Waals surface area contributed by atoms with Gasteiger partial charge in [0.15, 0.2) is 0 Å². The molecule has 0 aromatic heterocycles. The molecule has 2 fully saturated rings. The van der Waals surface area contributed by atoms with Gasteiger partial charge < -0.3 is 15.5 Å². The summed E-state index contributed by atoms with van der Waals surface area (Å²) in [6, 6.07) is 0.537. The highest BCUT2D eigenvalue weighted by Gasteiger charge is 2.27. The molecule has 1 atom stereocenters. The van der Waals surface area contributed by atoms with Crippen LogP contribution in [0.5, 0.6) is 0 Å². The molecule has 132 valence electrons. The molecule has 2 aliphatic rings. The molecule has 0 aromatic carbocycles. The summed E-state index contributed by atoms with van der Waals surface area (Å²) in [5.41, 5.74) is 0. The molecule has 5 nitrogen and oxygen atoms in total. The first kappa shape index (κ1) is 18.6. The third-order valence-corrected chi connectivity index (χ3v) is 6.07. The fourth-order valence-corrected chi connectivity index (χ4v) is 4.35. The molecule has 2 aliphatic heterocycles. The van der Waals surface area contributed by atoms with E-state index in [2.05, 4.69) is 24.5 Å². The van der Waals surface area contributed by atoms with Gasteiger partial charge in [0.25, 0.3) is 0 Å². The zero-order valence-electron chi connectivity index (χ0n) is 14.5. The van der Waals surface area contributed by atoms with Gasteiger partial charge in [0.05, 0.1) is 0 Å². The van der Waals surface area contributed by atoms with Crippen LogP contribution in [0.25, 0.3) is 0 Å². The van der Waals surface area contributed by atoms with E-state index >= 15 is 0 Å². The molecule has 0 radical (unpaired) electrons. The standard InChI is InChI=1S/C17H31N3O2S/c1-3-13(4-2)17(22)20-8-5-14(6-9-20)19-16(21)11-15-12-23-10-7-18-15/h13-15,18H,3-12H2,1-2H3,(H,19,21). The Morgan fingerprint density at radius 1 is 1.26 bits per heavy atom. The van der Waals surface area contributed by atoms with Crippen molar-refractivity contribution in [1.29, 1.82) is 0 Å². The highest BCUT2D eigenvalue weighted by atomic mass is 32.2. The van der Waals surface area contributed by atoms with Gasteiger partial charge in [0.2, 0.25) is 11.8 Å². The average molecular weight is 342 g/mol. The van der Waals surface area contributed by atoms with Crippen LogP contribution in [0.15, 0.2) is 0 Å². The first-order chi connectivity index (χ1) is 11.1. The molecule has 0 aromatic rings. The second kappa shape index (κ2) is 9.52. The first-order valence-corrected chi connectivity index (χ1v) is 10.2. The maximum absolute atomic E-state index is 12.4. The van der Waals surface area contributed by atoms with Crippen LogP contribution < -0.4 is 10.6 Å². The highest BCUT2D eigenvalue weighted by molar-refractivity contribution is 7.99. The number of rotatable bonds is 6. The minimum absolute atomic E-state index is 0.148. The van der Waals surface area contributed by atoms with Crippen molar-refractivity contribution < 1.29 is 9.59 Å². The van der Waals surface area contributed by atoms with Crippen LogP contribution in [0.4, 0.5) is 0 Å². The second-order valence-electron chi connectivity index (χ2n) is 6.61. The SMILES string of the molecule is CCC(CC)C(=O)N1CCC(NC(=O)CC2CSCCN2)CC1. The summed E-state index contributed by atoms with van der Waals surface area (Å²) in [6.45, 7) is 6.71. The van der Waals surface area contributed by atoms with E-state index in [1.54, 1.807) is 0 Å². The summed E-state index contributed by atoms with van der Waals surface area (Å²) in [6.07, 6.45) is 4.16. The van der Waals surface area contributed by atoms with E-state index in [0.717, 1.165) is 56.8 Å². The molecule has 2 saturated heterocycles. The Labute approximate surface area is 144 Å². The number of carbonyl (C=O) groups is 2. The van der Waals surface area contributed by atoms with Gasteiger partial charge in [-0.2, -0.15) is 11.8 Å². The molecule has 23 heavy (non-hydrogen) atoms. The number of hydrogen-bond donors (Lipinski definition) is 2. The summed E-state index contributed by atoms with van der Waals surface area (Å²) in [7, 11) is 0. The van der Waals surface area contributed by atoms with Crippen molar-refractivity contribution in [2.24, 2.45) is 5.92 Å². The molecule has 0 spiro atoms. The molecule has 2 amide bonds. The van der Waals surface area contributed by atoms with Gasteiger partial charge in [0, 0.05) is 55.6 Å². The smallest absolute Gasteiger partial charge is 0.225 e. The molecule has 0 saturated carbocycles. The normalized spacial score (nSPS) is 23.1. The Morgan fingerprint density at radius 3 is 2.52 bits per heavy atom. The van der Waals surface area contributed by atoms with Crippen LogP contribution in [0.3, 0.4) is 0 Å². The lowest BCUT2D eigenvalue weighted by Gasteiger charge is -2.34. The van der Waals surface area contributed by atoms with Crippen LogP contribution in [0.1, 0.15) is 46.0 Å². The minimum atomic E-state index is 0.148. The predicted molar refractivity (Wildman–Crippen MR) is 95.5 cm³/mol.